The molecule has 132 valence electrons. The molecular formula is C20H22Cl2N2S. The Labute approximate surface area is 164 Å². The fourth-order valence-electron chi connectivity index (χ4n) is 3.19. The Kier molecular flexibility index (Phi) is 5.67. The van der Waals surface area contributed by atoms with Crippen molar-refractivity contribution in [3.05, 3.63) is 58.4 Å². The minimum atomic E-state index is 0. The van der Waals surface area contributed by atoms with Gasteiger partial charge in [0.2, 0.25) is 0 Å². The van der Waals surface area contributed by atoms with Crippen LogP contribution in [0.4, 0.5) is 0 Å². The second-order valence-electron chi connectivity index (χ2n) is 6.69. The number of halogens is 2. The highest BCUT2D eigenvalue weighted by molar-refractivity contribution is 7.98. The van der Waals surface area contributed by atoms with Gasteiger partial charge in [0.1, 0.15) is 5.03 Å². The van der Waals surface area contributed by atoms with Crippen molar-refractivity contribution in [2.75, 3.05) is 0 Å². The van der Waals surface area contributed by atoms with Crippen LogP contribution in [-0.2, 0) is 12.3 Å². The lowest BCUT2D eigenvalue weighted by Crippen LogP contribution is -2.03. The van der Waals surface area contributed by atoms with E-state index in [2.05, 4.69) is 36.6 Å². The van der Waals surface area contributed by atoms with Crippen LogP contribution in [0.5, 0.6) is 0 Å². The predicted molar refractivity (Wildman–Crippen MR) is 110 cm³/mol. The Morgan fingerprint density at radius 2 is 1.88 bits per heavy atom. The quantitative estimate of drug-likeness (QED) is 0.465. The van der Waals surface area contributed by atoms with Crippen molar-refractivity contribution in [1.29, 1.82) is 0 Å². The molecule has 2 heterocycles. The molecule has 1 fully saturated rings. The van der Waals surface area contributed by atoms with E-state index in [-0.39, 0.29) is 12.4 Å². The van der Waals surface area contributed by atoms with Gasteiger partial charge >= 0.3 is 0 Å². The third-order valence-corrected chi connectivity index (χ3v) is 6.24. The first-order valence-corrected chi connectivity index (χ1v) is 9.81. The average molecular weight is 393 g/mol. The average Bonchev–Trinajstić information content (AvgIpc) is 3.38. The summed E-state index contributed by atoms with van der Waals surface area (Å²) in [5.41, 5.74) is 5.37. The topological polar surface area (TPSA) is 17.8 Å². The van der Waals surface area contributed by atoms with E-state index in [0.717, 1.165) is 28.3 Å². The van der Waals surface area contributed by atoms with Crippen molar-refractivity contribution in [3.63, 3.8) is 0 Å². The van der Waals surface area contributed by atoms with E-state index in [0.29, 0.717) is 0 Å². The molecule has 0 atom stereocenters. The molecule has 1 saturated carbocycles. The number of pyridine rings is 1. The van der Waals surface area contributed by atoms with Crippen LogP contribution in [0.3, 0.4) is 0 Å². The van der Waals surface area contributed by atoms with Gasteiger partial charge in [-0.3, -0.25) is 0 Å². The highest BCUT2D eigenvalue weighted by Gasteiger charge is 2.25. The summed E-state index contributed by atoms with van der Waals surface area (Å²) in [6.07, 6.45) is 4.68. The monoisotopic (exact) mass is 392 g/mol. The van der Waals surface area contributed by atoms with E-state index in [1.54, 1.807) is 0 Å². The zero-order chi connectivity index (χ0) is 16.7. The van der Waals surface area contributed by atoms with Gasteiger partial charge in [0.25, 0.3) is 0 Å². The first-order valence-electron chi connectivity index (χ1n) is 8.45. The summed E-state index contributed by atoms with van der Waals surface area (Å²) in [7, 11) is 0. The van der Waals surface area contributed by atoms with Crippen molar-refractivity contribution in [2.45, 2.75) is 44.0 Å². The van der Waals surface area contributed by atoms with Crippen molar-refractivity contribution < 1.29 is 0 Å². The molecule has 3 aromatic rings. The maximum atomic E-state index is 5.98. The van der Waals surface area contributed by atoms with Crippen LogP contribution in [0.25, 0.3) is 10.9 Å². The zero-order valence-electron chi connectivity index (χ0n) is 14.5. The number of hydrogen-bond donors (Lipinski definition) is 0. The molecule has 0 aliphatic heterocycles. The van der Waals surface area contributed by atoms with E-state index in [4.69, 9.17) is 16.6 Å². The maximum Gasteiger partial charge on any atom is 0.121 e. The Hall–Kier alpha value is -1.16. The zero-order valence-corrected chi connectivity index (χ0v) is 16.8. The summed E-state index contributed by atoms with van der Waals surface area (Å²) >= 11 is 7.80. The third-order valence-electron chi connectivity index (χ3n) is 4.94. The Morgan fingerprint density at radius 1 is 1.16 bits per heavy atom. The van der Waals surface area contributed by atoms with Gasteiger partial charge in [-0.05, 0) is 61.9 Å². The largest absolute Gasteiger partial charge is 0.342 e. The molecule has 0 amide bonds. The molecule has 2 aromatic heterocycles. The van der Waals surface area contributed by atoms with Gasteiger partial charge in [-0.2, -0.15) is 0 Å². The predicted octanol–water partition coefficient (Wildman–Crippen LogP) is 6.43. The van der Waals surface area contributed by atoms with Crippen molar-refractivity contribution in [1.82, 2.24) is 9.55 Å². The third kappa shape index (κ3) is 3.84. The summed E-state index contributed by atoms with van der Waals surface area (Å²) in [6.45, 7) is 5.61. The molecule has 0 spiro atoms. The van der Waals surface area contributed by atoms with Crippen LogP contribution in [0.2, 0.25) is 5.02 Å². The molecule has 1 aromatic carbocycles. The molecule has 25 heavy (non-hydrogen) atoms. The highest BCUT2D eigenvalue weighted by Crippen LogP contribution is 2.37. The van der Waals surface area contributed by atoms with Crippen LogP contribution < -0.4 is 0 Å². The van der Waals surface area contributed by atoms with Crippen LogP contribution >= 0.6 is 35.8 Å². The van der Waals surface area contributed by atoms with Gasteiger partial charge in [-0.15, -0.1) is 12.4 Å². The second-order valence-corrected chi connectivity index (χ2v) is 8.09. The van der Waals surface area contributed by atoms with Gasteiger partial charge in [0.15, 0.2) is 0 Å². The highest BCUT2D eigenvalue weighted by atomic mass is 35.5. The molecule has 5 heteroatoms. The number of benzene rings is 1. The standard InChI is InChI=1S/C20H21ClN2S.ClH/c1-13-14(2)23(11-15-3-4-15)19-18(13)9-10-22-20(19)24-12-16-5-7-17(21)8-6-16;/h5-10,15H,3-4,11-12H2,1-2H3;1H. The van der Waals surface area contributed by atoms with E-state index in [1.807, 2.05) is 30.1 Å². The van der Waals surface area contributed by atoms with E-state index in [1.165, 1.54) is 40.6 Å². The molecular weight excluding hydrogens is 371 g/mol. The van der Waals surface area contributed by atoms with Crippen molar-refractivity contribution >= 4 is 46.7 Å². The van der Waals surface area contributed by atoms with E-state index in [9.17, 15) is 0 Å². The van der Waals surface area contributed by atoms with E-state index >= 15 is 0 Å². The molecule has 0 unspecified atom stereocenters. The minimum Gasteiger partial charge on any atom is -0.342 e. The normalized spacial score (nSPS) is 13.9. The lowest BCUT2D eigenvalue weighted by molar-refractivity contribution is 0.628. The summed E-state index contributed by atoms with van der Waals surface area (Å²) in [5.74, 6) is 1.77. The Bertz CT molecular complexity index is 883. The van der Waals surface area contributed by atoms with Crippen LogP contribution in [0.1, 0.15) is 29.7 Å². The smallest absolute Gasteiger partial charge is 0.121 e. The fourth-order valence-corrected chi connectivity index (χ4v) is 4.30. The van der Waals surface area contributed by atoms with Gasteiger partial charge < -0.3 is 4.57 Å². The number of nitrogens with zero attached hydrogens (tertiary/aromatic N) is 2. The SMILES string of the molecule is Cc1c(C)n(CC2CC2)c2c(SCc3ccc(Cl)cc3)nccc12.Cl. The Morgan fingerprint density at radius 3 is 2.56 bits per heavy atom. The summed E-state index contributed by atoms with van der Waals surface area (Å²) in [6, 6.07) is 10.3. The number of aryl methyl sites for hydroxylation is 1. The minimum absolute atomic E-state index is 0. The van der Waals surface area contributed by atoms with Crippen LogP contribution in [-0.4, -0.2) is 9.55 Å². The van der Waals surface area contributed by atoms with Crippen molar-refractivity contribution in [3.8, 4) is 0 Å². The molecule has 4 rings (SSSR count). The van der Waals surface area contributed by atoms with Gasteiger partial charge in [-0.25, -0.2) is 4.98 Å². The number of thioether (sulfide) groups is 1. The van der Waals surface area contributed by atoms with Gasteiger partial charge in [0, 0.05) is 34.6 Å². The first-order chi connectivity index (χ1) is 11.6. The van der Waals surface area contributed by atoms with Crippen LogP contribution in [0.15, 0.2) is 41.6 Å². The lowest BCUT2D eigenvalue weighted by atomic mass is 10.2. The van der Waals surface area contributed by atoms with Gasteiger partial charge in [0.05, 0.1) is 5.52 Å². The number of rotatable bonds is 5. The molecule has 0 radical (unpaired) electrons. The molecule has 0 bridgehead atoms. The maximum absolute atomic E-state index is 5.98. The number of aromatic nitrogens is 2. The molecule has 2 nitrogen and oxygen atoms in total. The fraction of sp³-hybridized carbons (Fsp3) is 0.350. The second kappa shape index (κ2) is 7.61. The Balaban J connectivity index is 0.00000182. The van der Waals surface area contributed by atoms with E-state index < -0.39 is 0 Å². The molecule has 0 N–H and O–H groups in total. The van der Waals surface area contributed by atoms with Crippen LogP contribution in [0, 0.1) is 19.8 Å². The summed E-state index contributed by atoms with van der Waals surface area (Å²) < 4.78 is 2.50. The molecule has 0 saturated heterocycles. The summed E-state index contributed by atoms with van der Waals surface area (Å²) in [5, 5.41) is 3.27. The van der Waals surface area contributed by atoms with Gasteiger partial charge in [-0.1, -0.05) is 35.5 Å². The molecule has 1 aliphatic rings. The lowest BCUT2D eigenvalue weighted by Gasteiger charge is -2.10. The molecule has 1 aliphatic carbocycles. The summed E-state index contributed by atoms with van der Waals surface area (Å²) in [4.78, 5) is 4.70. The first kappa shape index (κ1) is 18.6. The number of fused-ring (bicyclic) bond motifs is 1. The van der Waals surface area contributed by atoms with Crippen molar-refractivity contribution in [2.24, 2.45) is 5.92 Å². The number of hydrogen-bond acceptors (Lipinski definition) is 2.